The number of para-hydroxylation sites is 1. The fraction of sp³-hybridized carbons (Fsp3) is 0.304. The summed E-state index contributed by atoms with van der Waals surface area (Å²) in [7, 11) is 3.30. The highest BCUT2D eigenvalue weighted by Crippen LogP contribution is 2.37. The van der Waals surface area contributed by atoms with Crippen molar-refractivity contribution >= 4 is 17.3 Å². The summed E-state index contributed by atoms with van der Waals surface area (Å²) in [4.78, 5) is 11.2. The quantitative estimate of drug-likeness (QED) is 0.651. The molecule has 1 N–H and O–H groups in total. The van der Waals surface area contributed by atoms with Gasteiger partial charge in [-0.2, -0.15) is 0 Å². The molecule has 1 atom stereocenters. The predicted octanol–water partition coefficient (Wildman–Crippen LogP) is 4.23. The lowest BCUT2D eigenvalue weighted by molar-refractivity contribution is 0.354. The zero-order chi connectivity index (χ0) is 20.2. The molecule has 0 radical (unpaired) electrons. The Morgan fingerprint density at radius 2 is 1.86 bits per heavy atom. The van der Waals surface area contributed by atoms with Crippen LogP contribution in [0.5, 0.6) is 11.5 Å². The number of rotatable bonds is 7. The molecule has 0 fully saturated rings. The minimum absolute atomic E-state index is 0.377. The van der Waals surface area contributed by atoms with Crippen molar-refractivity contribution in [2.75, 3.05) is 31.0 Å². The number of hydrogen-bond donors (Lipinski definition) is 1. The molecule has 0 saturated heterocycles. The van der Waals surface area contributed by atoms with Gasteiger partial charge in [-0.25, -0.2) is 9.97 Å². The number of fused-ring (bicyclic) bond motifs is 1. The van der Waals surface area contributed by atoms with E-state index in [-0.39, 0.29) is 0 Å². The molecule has 1 aromatic heterocycles. The Balaban J connectivity index is 1.44. The summed E-state index contributed by atoms with van der Waals surface area (Å²) in [6, 6.07) is 16.9. The molecule has 0 bridgehead atoms. The normalized spacial score (nSPS) is 15.1. The lowest BCUT2D eigenvalue weighted by atomic mass is 10.1. The van der Waals surface area contributed by atoms with Crippen molar-refractivity contribution in [2.24, 2.45) is 0 Å². The maximum atomic E-state index is 5.38. The van der Waals surface area contributed by atoms with Gasteiger partial charge in [-0.05, 0) is 49.1 Å². The van der Waals surface area contributed by atoms with Crippen molar-refractivity contribution in [2.45, 2.75) is 25.8 Å². The first-order valence-electron chi connectivity index (χ1n) is 9.83. The minimum atomic E-state index is 0.377. The zero-order valence-corrected chi connectivity index (χ0v) is 17.1. The third-order valence-corrected chi connectivity index (χ3v) is 5.27. The third kappa shape index (κ3) is 3.97. The van der Waals surface area contributed by atoms with Crippen molar-refractivity contribution in [1.82, 2.24) is 9.97 Å². The van der Waals surface area contributed by atoms with Crippen molar-refractivity contribution < 1.29 is 9.47 Å². The van der Waals surface area contributed by atoms with E-state index in [1.807, 2.05) is 18.2 Å². The summed E-state index contributed by atoms with van der Waals surface area (Å²) in [6.07, 6.45) is 3.51. The van der Waals surface area contributed by atoms with Gasteiger partial charge in [-0.3, -0.25) is 0 Å². The Morgan fingerprint density at radius 3 is 2.69 bits per heavy atom. The molecule has 0 aliphatic carbocycles. The first-order chi connectivity index (χ1) is 14.2. The number of nitrogens with zero attached hydrogens (tertiary/aromatic N) is 3. The summed E-state index contributed by atoms with van der Waals surface area (Å²) >= 11 is 0. The molecule has 2 heterocycles. The molecule has 1 aliphatic heterocycles. The van der Waals surface area contributed by atoms with Gasteiger partial charge < -0.3 is 19.7 Å². The maximum Gasteiger partial charge on any atom is 0.160 e. The maximum absolute atomic E-state index is 5.38. The molecule has 6 nitrogen and oxygen atoms in total. The summed E-state index contributed by atoms with van der Waals surface area (Å²) in [5.74, 6) is 3.23. The van der Waals surface area contributed by atoms with E-state index in [0.717, 1.165) is 42.5 Å². The number of anilines is 3. The molecule has 2 aromatic carbocycles. The third-order valence-electron chi connectivity index (χ3n) is 5.27. The molecule has 0 amide bonds. The molecule has 1 unspecified atom stereocenters. The average molecular weight is 390 g/mol. The van der Waals surface area contributed by atoms with Crippen molar-refractivity contribution in [3.05, 3.63) is 66.0 Å². The molecule has 29 heavy (non-hydrogen) atoms. The summed E-state index contributed by atoms with van der Waals surface area (Å²) < 4.78 is 10.7. The lowest BCUT2D eigenvalue weighted by Crippen LogP contribution is -2.25. The van der Waals surface area contributed by atoms with Crippen LogP contribution in [0.3, 0.4) is 0 Å². The molecule has 150 valence electrons. The van der Waals surface area contributed by atoms with Gasteiger partial charge in [0, 0.05) is 24.3 Å². The average Bonchev–Trinajstić information content (AvgIpc) is 3.09. The van der Waals surface area contributed by atoms with Crippen LogP contribution in [-0.4, -0.2) is 36.8 Å². The second-order valence-corrected chi connectivity index (χ2v) is 7.18. The Hall–Kier alpha value is -3.28. The van der Waals surface area contributed by atoms with E-state index in [9.17, 15) is 0 Å². The van der Waals surface area contributed by atoms with Crippen LogP contribution in [0.15, 0.2) is 54.9 Å². The second-order valence-electron chi connectivity index (χ2n) is 7.18. The molecular weight excluding hydrogens is 364 g/mol. The smallest absolute Gasteiger partial charge is 0.160 e. The number of nitrogens with one attached hydrogen (secondary N) is 1. The van der Waals surface area contributed by atoms with Crippen LogP contribution in [-0.2, 0) is 12.8 Å². The van der Waals surface area contributed by atoms with E-state index in [0.29, 0.717) is 6.04 Å². The van der Waals surface area contributed by atoms with Crippen molar-refractivity contribution in [1.29, 1.82) is 0 Å². The number of methoxy groups -OCH3 is 2. The van der Waals surface area contributed by atoms with Crippen LogP contribution >= 0.6 is 0 Å². The molecule has 3 aromatic rings. The Morgan fingerprint density at radius 1 is 1.03 bits per heavy atom. The number of hydrogen-bond acceptors (Lipinski definition) is 6. The first kappa shape index (κ1) is 19.1. The van der Waals surface area contributed by atoms with Crippen LogP contribution in [0.4, 0.5) is 17.3 Å². The monoisotopic (exact) mass is 390 g/mol. The van der Waals surface area contributed by atoms with Gasteiger partial charge in [-0.1, -0.05) is 24.3 Å². The number of benzene rings is 2. The topological polar surface area (TPSA) is 59.5 Å². The molecule has 0 spiro atoms. The van der Waals surface area contributed by atoms with Gasteiger partial charge in [0.25, 0.3) is 0 Å². The van der Waals surface area contributed by atoms with E-state index in [2.05, 4.69) is 57.4 Å². The van der Waals surface area contributed by atoms with Crippen LogP contribution in [0, 0.1) is 0 Å². The van der Waals surface area contributed by atoms with E-state index in [1.54, 1.807) is 20.5 Å². The van der Waals surface area contributed by atoms with E-state index in [4.69, 9.17) is 9.47 Å². The first-order valence-corrected chi connectivity index (χ1v) is 9.83. The largest absolute Gasteiger partial charge is 0.493 e. The fourth-order valence-electron chi connectivity index (χ4n) is 3.86. The summed E-state index contributed by atoms with van der Waals surface area (Å²) in [5.41, 5.74) is 3.77. The zero-order valence-electron chi connectivity index (χ0n) is 17.1. The van der Waals surface area contributed by atoms with Gasteiger partial charge >= 0.3 is 0 Å². The second kappa shape index (κ2) is 8.39. The van der Waals surface area contributed by atoms with E-state index < -0.39 is 0 Å². The summed E-state index contributed by atoms with van der Waals surface area (Å²) in [5, 5.41) is 3.41. The van der Waals surface area contributed by atoms with Gasteiger partial charge in [0.1, 0.15) is 18.0 Å². The van der Waals surface area contributed by atoms with Gasteiger partial charge in [-0.15, -0.1) is 0 Å². The van der Waals surface area contributed by atoms with Crippen LogP contribution in [0.25, 0.3) is 0 Å². The Bertz CT molecular complexity index is 992. The molecule has 4 rings (SSSR count). The van der Waals surface area contributed by atoms with Crippen LogP contribution < -0.4 is 19.7 Å². The molecular formula is C23H26N4O2. The lowest BCUT2D eigenvalue weighted by Gasteiger charge is -2.24. The Labute approximate surface area is 171 Å². The predicted molar refractivity (Wildman–Crippen MR) is 116 cm³/mol. The van der Waals surface area contributed by atoms with Gasteiger partial charge in [0.2, 0.25) is 0 Å². The van der Waals surface area contributed by atoms with Crippen molar-refractivity contribution in [3.8, 4) is 11.5 Å². The Kier molecular flexibility index (Phi) is 5.51. The fourth-order valence-corrected chi connectivity index (χ4v) is 3.86. The molecule has 6 heteroatoms. The molecule has 0 saturated carbocycles. The van der Waals surface area contributed by atoms with Gasteiger partial charge in [0.15, 0.2) is 11.5 Å². The SMILES string of the molecule is COc1ccc(CCNc2cc(N3c4ccccc4CC3C)ncn2)cc1OC. The highest BCUT2D eigenvalue weighted by molar-refractivity contribution is 5.70. The van der Waals surface area contributed by atoms with E-state index in [1.165, 1.54) is 16.8 Å². The van der Waals surface area contributed by atoms with E-state index >= 15 is 0 Å². The standard InChI is InChI=1S/C23H26N4O2/c1-16-12-18-6-4-5-7-19(18)27(16)23-14-22(25-15-26-23)24-11-10-17-8-9-20(28-2)21(13-17)29-3/h4-9,13-16H,10-12H2,1-3H3,(H,24,25,26). The van der Waals surface area contributed by atoms with Crippen LogP contribution in [0.2, 0.25) is 0 Å². The van der Waals surface area contributed by atoms with Crippen molar-refractivity contribution in [3.63, 3.8) is 0 Å². The minimum Gasteiger partial charge on any atom is -0.493 e. The highest BCUT2D eigenvalue weighted by Gasteiger charge is 2.27. The van der Waals surface area contributed by atoms with Crippen LogP contribution in [0.1, 0.15) is 18.1 Å². The van der Waals surface area contributed by atoms with Gasteiger partial charge in [0.05, 0.1) is 14.2 Å². The highest BCUT2D eigenvalue weighted by atomic mass is 16.5. The number of aromatic nitrogens is 2. The molecule has 1 aliphatic rings. The number of ether oxygens (including phenoxy) is 2. The summed E-state index contributed by atoms with van der Waals surface area (Å²) in [6.45, 7) is 2.99.